The molecule has 2 aromatic carbocycles. The minimum absolute atomic E-state index is 0.0593. The number of Topliss-reactive ketones (excluding diaryl/α,β-unsaturated/α-hetero) is 1. The Labute approximate surface area is 162 Å². The van der Waals surface area contributed by atoms with E-state index in [0.717, 1.165) is 16.6 Å². The van der Waals surface area contributed by atoms with E-state index in [1.807, 2.05) is 35.0 Å². The fraction of sp³-hybridized carbons (Fsp3) is 0.200. The number of nitrogens with zero attached hydrogens (tertiary/aromatic N) is 2. The number of carbonyl (C=O) groups excluding carboxylic acids is 1. The Morgan fingerprint density at radius 1 is 1.04 bits per heavy atom. The molecule has 0 saturated carbocycles. The molecule has 0 spiro atoms. The first kappa shape index (κ1) is 18.8. The molecule has 0 amide bonds. The van der Waals surface area contributed by atoms with Crippen LogP contribution in [0.3, 0.4) is 0 Å². The maximum absolute atomic E-state index is 12.7. The van der Waals surface area contributed by atoms with Crippen LogP contribution < -0.4 is 14.2 Å². The normalized spacial score (nSPS) is 10.5. The Balaban J connectivity index is 1.78. The number of hydrogen-bond acceptors (Lipinski definition) is 6. The maximum Gasteiger partial charge on any atom is 0.177 e. The number of rotatable bonds is 8. The van der Waals surface area contributed by atoms with Crippen LogP contribution in [0.1, 0.15) is 10.4 Å². The summed E-state index contributed by atoms with van der Waals surface area (Å²) in [5, 5.41) is 0.721. The largest absolute Gasteiger partial charge is 0.497 e. The van der Waals surface area contributed by atoms with Crippen molar-refractivity contribution in [2.24, 2.45) is 0 Å². The molecular formula is C20H20N2O4S. The predicted octanol–water partition coefficient (Wildman–Crippen LogP) is 3.87. The van der Waals surface area contributed by atoms with Crippen LogP contribution in [0.4, 0.5) is 0 Å². The van der Waals surface area contributed by atoms with E-state index in [-0.39, 0.29) is 11.5 Å². The van der Waals surface area contributed by atoms with Crippen LogP contribution >= 0.6 is 11.8 Å². The Morgan fingerprint density at radius 2 is 1.81 bits per heavy atom. The summed E-state index contributed by atoms with van der Waals surface area (Å²) in [4.78, 5) is 17.1. The summed E-state index contributed by atoms with van der Waals surface area (Å²) in [6, 6.07) is 12.9. The Morgan fingerprint density at radius 3 is 2.56 bits per heavy atom. The molecule has 1 aromatic heterocycles. The SMILES string of the molecule is COc1cccc(-n2ccnc2SCC(=O)c2cc(OC)ccc2OC)c1. The molecule has 3 aromatic rings. The molecule has 140 valence electrons. The molecule has 27 heavy (non-hydrogen) atoms. The lowest BCUT2D eigenvalue weighted by Crippen LogP contribution is -2.06. The number of ketones is 1. The van der Waals surface area contributed by atoms with Gasteiger partial charge in [-0.05, 0) is 30.3 Å². The molecule has 0 saturated heterocycles. The van der Waals surface area contributed by atoms with Gasteiger partial charge < -0.3 is 14.2 Å². The quantitative estimate of drug-likeness (QED) is 0.434. The van der Waals surface area contributed by atoms with Crippen LogP contribution in [-0.2, 0) is 0 Å². The summed E-state index contributed by atoms with van der Waals surface area (Å²) in [6.07, 6.45) is 3.56. The average molecular weight is 384 g/mol. The zero-order valence-corrected chi connectivity index (χ0v) is 16.2. The molecule has 0 aliphatic rings. The van der Waals surface area contributed by atoms with Crippen molar-refractivity contribution in [2.45, 2.75) is 5.16 Å². The van der Waals surface area contributed by atoms with E-state index < -0.39 is 0 Å². The van der Waals surface area contributed by atoms with Gasteiger partial charge in [-0.1, -0.05) is 17.8 Å². The number of methoxy groups -OCH3 is 3. The van der Waals surface area contributed by atoms with E-state index in [0.29, 0.717) is 17.1 Å². The third-order valence-electron chi connectivity index (χ3n) is 3.98. The highest BCUT2D eigenvalue weighted by Gasteiger charge is 2.16. The third kappa shape index (κ3) is 4.25. The summed E-state index contributed by atoms with van der Waals surface area (Å²) < 4.78 is 17.7. The van der Waals surface area contributed by atoms with Crippen LogP contribution in [0.2, 0.25) is 0 Å². The van der Waals surface area contributed by atoms with E-state index >= 15 is 0 Å². The standard InChI is InChI=1S/C20H20N2O4S/c1-24-15-6-4-5-14(11-15)22-10-9-21-20(22)27-13-18(23)17-12-16(25-2)7-8-19(17)26-3/h4-12H,13H2,1-3H3. The van der Waals surface area contributed by atoms with Gasteiger partial charge in [-0.2, -0.15) is 0 Å². The average Bonchev–Trinajstić information content (AvgIpc) is 3.20. The van der Waals surface area contributed by atoms with Crippen LogP contribution in [0.25, 0.3) is 5.69 Å². The molecule has 0 radical (unpaired) electrons. The van der Waals surface area contributed by atoms with Crippen molar-refractivity contribution < 1.29 is 19.0 Å². The number of thioether (sulfide) groups is 1. The number of ether oxygens (including phenoxy) is 3. The first-order valence-corrected chi connectivity index (χ1v) is 9.20. The van der Waals surface area contributed by atoms with Gasteiger partial charge in [0.15, 0.2) is 10.9 Å². The van der Waals surface area contributed by atoms with Crippen molar-refractivity contribution >= 4 is 17.5 Å². The molecule has 0 atom stereocenters. The lowest BCUT2D eigenvalue weighted by Gasteiger charge is -2.11. The van der Waals surface area contributed by atoms with Gasteiger partial charge in [0.25, 0.3) is 0 Å². The second-order valence-corrected chi connectivity index (χ2v) is 6.50. The Kier molecular flexibility index (Phi) is 6.03. The van der Waals surface area contributed by atoms with Gasteiger partial charge in [0.1, 0.15) is 17.2 Å². The summed E-state index contributed by atoms with van der Waals surface area (Å²) in [7, 11) is 4.74. The fourth-order valence-corrected chi connectivity index (χ4v) is 3.45. The lowest BCUT2D eigenvalue weighted by atomic mass is 10.1. The number of carbonyl (C=O) groups is 1. The van der Waals surface area contributed by atoms with Gasteiger partial charge in [0.2, 0.25) is 0 Å². The van der Waals surface area contributed by atoms with Crippen molar-refractivity contribution in [2.75, 3.05) is 27.1 Å². The topological polar surface area (TPSA) is 62.6 Å². The molecule has 6 nitrogen and oxygen atoms in total. The highest BCUT2D eigenvalue weighted by Crippen LogP contribution is 2.28. The molecule has 0 aliphatic carbocycles. The molecule has 1 heterocycles. The number of imidazole rings is 1. The minimum Gasteiger partial charge on any atom is -0.497 e. The maximum atomic E-state index is 12.7. The molecule has 3 rings (SSSR count). The van der Waals surface area contributed by atoms with Crippen LogP contribution in [-0.4, -0.2) is 42.4 Å². The van der Waals surface area contributed by atoms with Crippen LogP contribution in [0.5, 0.6) is 17.2 Å². The number of aromatic nitrogens is 2. The highest BCUT2D eigenvalue weighted by atomic mass is 32.2. The molecule has 0 bridgehead atoms. The van der Waals surface area contributed by atoms with Gasteiger partial charge >= 0.3 is 0 Å². The van der Waals surface area contributed by atoms with Gasteiger partial charge in [0, 0.05) is 18.5 Å². The fourth-order valence-electron chi connectivity index (χ4n) is 2.59. The Hall–Kier alpha value is -2.93. The van der Waals surface area contributed by atoms with E-state index in [1.54, 1.807) is 45.7 Å². The van der Waals surface area contributed by atoms with Gasteiger partial charge in [-0.15, -0.1) is 0 Å². The molecule has 0 fully saturated rings. The monoisotopic (exact) mass is 384 g/mol. The molecule has 7 heteroatoms. The first-order chi connectivity index (χ1) is 13.2. The zero-order chi connectivity index (χ0) is 19.2. The van der Waals surface area contributed by atoms with E-state index in [4.69, 9.17) is 14.2 Å². The minimum atomic E-state index is -0.0593. The van der Waals surface area contributed by atoms with Crippen molar-refractivity contribution in [1.29, 1.82) is 0 Å². The van der Waals surface area contributed by atoms with Crippen LogP contribution in [0, 0.1) is 0 Å². The van der Waals surface area contributed by atoms with E-state index in [9.17, 15) is 4.79 Å². The van der Waals surface area contributed by atoms with Crippen molar-refractivity contribution in [1.82, 2.24) is 9.55 Å². The van der Waals surface area contributed by atoms with Crippen molar-refractivity contribution in [3.8, 4) is 22.9 Å². The number of benzene rings is 2. The molecule has 0 N–H and O–H groups in total. The van der Waals surface area contributed by atoms with Gasteiger partial charge in [-0.3, -0.25) is 9.36 Å². The third-order valence-corrected chi connectivity index (χ3v) is 4.94. The lowest BCUT2D eigenvalue weighted by molar-refractivity contribution is 0.101. The van der Waals surface area contributed by atoms with Crippen LogP contribution in [0.15, 0.2) is 60.0 Å². The molecule has 0 aliphatic heterocycles. The van der Waals surface area contributed by atoms with Gasteiger partial charge in [0.05, 0.1) is 38.3 Å². The summed E-state index contributed by atoms with van der Waals surface area (Å²) >= 11 is 1.36. The second kappa shape index (κ2) is 8.64. The first-order valence-electron chi connectivity index (χ1n) is 8.22. The van der Waals surface area contributed by atoms with Gasteiger partial charge in [-0.25, -0.2) is 4.98 Å². The van der Waals surface area contributed by atoms with Crippen molar-refractivity contribution in [3.63, 3.8) is 0 Å². The smallest absolute Gasteiger partial charge is 0.177 e. The predicted molar refractivity (Wildman–Crippen MR) is 105 cm³/mol. The number of hydrogen-bond donors (Lipinski definition) is 0. The van der Waals surface area contributed by atoms with E-state index in [2.05, 4.69) is 4.98 Å². The van der Waals surface area contributed by atoms with Crippen molar-refractivity contribution in [3.05, 3.63) is 60.4 Å². The summed E-state index contributed by atoms with van der Waals surface area (Å²) in [5.74, 6) is 2.06. The summed E-state index contributed by atoms with van der Waals surface area (Å²) in [6.45, 7) is 0. The molecule has 0 unspecified atom stereocenters. The van der Waals surface area contributed by atoms with E-state index in [1.165, 1.54) is 11.8 Å². The summed E-state index contributed by atoms with van der Waals surface area (Å²) in [5.41, 5.74) is 1.41. The highest BCUT2D eigenvalue weighted by molar-refractivity contribution is 7.99. The molecular weight excluding hydrogens is 364 g/mol. The Bertz CT molecular complexity index is 939. The zero-order valence-electron chi connectivity index (χ0n) is 15.3. The second-order valence-electron chi connectivity index (χ2n) is 5.56.